The quantitative estimate of drug-likeness (QED) is 0.750. The summed E-state index contributed by atoms with van der Waals surface area (Å²) in [7, 11) is 0. The van der Waals surface area contributed by atoms with Crippen LogP contribution in [0.2, 0.25) is 0 Å². The minimum Gasteiger partial charge on any atom is -0.317 e. The topological polar surface area (TPSA) is 12.0 Å². The molecule has 0 amide bonds. The molecule has 0 unspecified atom stereocenters. The van der Waals surface area contributed by atoms with Crippen LogP contribution in [0.4, 0.5) is 0 Å². The Bertz CT molecular complexity index is 166. The third kappa shape index (κ3) is 10.5. The van der Waals surface area contributed by atoms with Crippen LogP contribution in [0.1, 0.15) is 67.7 Å². The largest absolute Gasteiger partial charge is 0.317 e. The lowest BCUT2D eigenvalue weighted by Crippen LogP contribution is -2.29. The molecule has 1 aliphatic heterocycles. The third-order valence-electron chi connectivity index (χ3n) is 2.68. The van der Waals surface area contributed by atoms with Gasteiger partial charge in [0, 0.05) is 0 Å². The van der Waals surface area contributed by atoms with Gasteiger partial charge in [0.15, 0.2) is 0 Å². The fourth-order valence-corrected chi connectivity index (χ4v) is 2.79. The minimum absolute atomic E-state index is 0.471. The Balaban J connectivity index is 0.000000462. The van der Waals surface area contributed by atoms with Gasteiger partial charge in [-0.3, -0.25) is 0 Å². The van der Waals surface area contributed by atoms with Crippen molar-refractivity contribution in [2.45, 2.75) is 67.7 Å². The maximum Gasteiger partial charge on any atom is -0.00368 e. The van der Waals surface area contributed by atoms with Crippen LogP contribution in [0.15, 0.2) is 0 Å². The van der Waals surface area contributed by atoms with Gasteiger partial charge in [0.05, 0.1) is 0 Å². The molecule has 0 atom stereocenters. The number of rotatable bonds is 3. The number of hydrogen-bond acceptors (Lipinski definition) is 1. The molecule has 1 heteroatoms. The van der Waals surface area contributed by atoms with E-state index in [0.717, 1.165) is 5.92 Å². The summed E-state index contributed by atoms with van der Waals surface area (Å²) < 4.78 is 0. The molecule has 1 nitrogen and oxygen atoms in total. The van der Waals surface area contributed by atoms with Crippen molar-refractivity contribution in [2.75, 3.05) is 13.1 Å². The van der Waals surface area contributed by atoms with E-state index in [-0.39, 0.29) is 0 Å². The zero-order valence-electron chi connectivity index (χ0n) is 12.6. The average Bonchev–Trinajstić information content (AvgIpc) is 1.68. The Morgan fingerprint density at radius 2 is 1.38 bits per heavy atom. The van der Waals surface area contributed by atoms with Gasteiger partial charge in [-0.2, -0.15) is 0 Å². The summed E-state index contributed by atoms with van der Waals surface area (Å²) in [5.41, 5.74) is 0.977. The van der Waals surface area contributed by atoms with E-state index in [0.29, 0.717) is 10.8 Å². The monoisotopic (exact) mass is 227 g/mol. The van der Waals surface area contributed by atoms with Gasteiger partial charge in [-0.05, 0) is 49.1 Å². The average molecular weight is 227 g/mol. The van der Waals surface area contributed by atoms with Crippen LogP contribution < -0.4 is 5.32 Å². The standard InChI is InChI=1S/C12H26.C3H7N/c1-10(2)8-12(6,7)9-11(3,4)5;1-2-4-3-1/h10H,8-9H2,1-7H3;4H,1-3H2. The normalized spacial score (nSPS) is 16.5. The van der Waals surface area contributed by atoms with Gasteiger partial charge in [-0.25, -0.2) is 0 Å². The van der Waals surface area contributed by atoms with Gasteiger partial charge in [-0.1, -0.05) is 48.5 Å². The molecule has 1 N–H and O–H groups in total. The van der Waals surface area contributed by atoms with Crippen molar-refractivity contribution in [1.29, 1.82) is 0 Å². The van der Waals surface area contributed by atoms with Crippen LogP contribution in [0.5, 0.6) is 0 Å². The van der Waals surface area contributed by atoms with Crippen LogP contribution in [0.25, 0.3) is 0 Å². The highest BCUT2D eigenvalue weighted by atomic mass is 14.9. The summed E-state index contributed by atoms with van der Waals surface area (Å²) in [5, 5.41) is 3.11. The summed E-state index contributed by atoms with van der Waals surface area (Å²) in [5.74, 6) is 0.822. The minimum atomic E-state index is 0.471. The van der Waals surface area contributed by atoms with E-state index in [9.17, 15) is 0 Å². The Kier molecular flexibility index (Phi) is 6.62. The highest BCUT2D eigenvalue weighted by Crippen LogP contribution is 2.37. The van der Waals surface area contributed by atoms with Crippen LogP contribution in [-0.4, -0.2) is 13.1 Å². The Hall–Kier alpha value is -0.0400. The smallest absolute Gasteiger partial charge is 0.00368 e. The molecule has 1 heterocycles. The van der Waals surface area contributed by atoms with Crippen molar-refractivity contribution in [1.82, 2.24) is 5.32 Å². The van der Waals surface area contributed by atoms with Crippen molar-refractivity contribution in [3.63, 3.8) is 0 Å². The molecule has 0 radical (unpaired) electrons. The van der Waals surface area contributed by atoms with Gasteiger partial charge in [0.1, 0.15) is 0 Å². The molecule has 0 saturated carbocycles. The maximum absolute atomic E-state index is 3.11. The van der Waals surface area contributed by atoms with Crippen LogP contribution in [-0.2, 0) is 0 Å². The summed E-state index contributed by atoms with van der Waals surface area (Å²) in [6.07, 6.45) is 4.04. The first-order valence-corrected chi connectivity index (χ1v) is 6.83. The highest BCUT2D eigenvalue weighted by molar-refractivity contribution is 4.77. The molecule has 0 aromatic carbocycles. The molecule has 98 valence electrons. The molecule has 0 aliphatic carbocycles. The second kappa shape index (κ2) is 6.64. The zero-order chi connectivity index (χ0) is 12.8. The molecule has 1 fully saturated rings. The van der Waals surface area contributed by atoms with Crippen LogP contribution in [0, 0.1) is 16.7 Å². The summed E-state index contributed by atoms with van der Waals surface area (Å²) in [4.78, 5) is 0. The van der Waals surface area contributed by atoms with Crippen molar-refractivity contribution < 1.29 is 0 Å². The Labute approximate surface area is 103 Å². The van der Waals surface area contributed by atoms with E-state index < -0.39 is 0 Å². The van der Waals surface area contributed by atoms with Gasteiger partial charge >= 0.3 is 0 Å². The van der Waals surface area contributed by atoms with Crippen molar-refractivity contribution in [2.24, 2.45) is 16.7 Å². The molecule has 0 bridgehead atoms. The molecular formula is C15H33N. The maximum atomic E-state index is 3.11. The molecule has 1 saturated heterocycles. The van der Waals surface area contributed by atoms with E-state index in [1.807, 2.05) is 0 Å². The fourth-order valence-electron chi connectivity index (χ4n) is 2.79. The molecule has 0 aromatic rings. The lowest BCUT2D eigenvalue weighted by molar-refractivity contribution is 0.179. The first kappa shape index (κ1) is 16.0. The molecule has 0 spiro atoms. The van der Waals surface area contributed by atoms with Crippen molar-refractivity contribution in [3.8, 4) is 0 Å². The fraction of sp³-hybridized carbons (Fsp3) is 1.00. The zero-order valence-corrected chi connectivity index (χ0v) is 12.6. The lowest BCUT2D eigenvalue weighted by Gasteiger charge is -2.33. The summed E-state index contributed by atoms with van der Waals surface area (Å²) >= 11 is 0. The third-order valence-corrected chi connectivity index (χ3v) is 2.68. The van der Waals surface area contributed by atoms with Gasteiger partial charge in [-0.15, -0.1) is 0 Å². The predicted octanol–water partition coefficient (Wildman–Crippen LogP) is 4.47. The second-order valence-corrected chi connectivity index (χ2v) is 7.60. The molecule has 0 aromatic heterocycles. The molecular weight excluding hydrogens is 194 g/mol. The van der Waals surface area contributed by atoms with Gasteiger partial charge < -0.3 is 5.32 Å². The van der Waals surface area contributed by atoms with Gasteiger partial charge in [0.25, 0.3) is 0 Å². The van der Waals surface area contributed by atoms with E-state index in [1.165, 1.54) is 32.4 Å². The van der Waals surface area contributed by atoms with E-state index in [1.54, 1.807) is 0 Å². The second-order valence-electron chi connectivity index (χ2n) is 7.60. The summed E-state index contributed by atoms with van der Waals surface area (Å²) in [6, 6.07) is 0. The number of nitrogens with one attached hydrogen (secondary N) is 1. The van der Waals surface area contributed by atoms with E-state index in [4.69, 9.17) is 0 Å². The molecule has 1 aliphatic rings. The molecule has 16 heavy (non-hydrogen) atoms. The van der Waals surface area contributed by atoms with Crippen LogP contribution in [0.3, 0.4) is 0 Å². The lowest BCUT2D eigenvalue weighted by atomic mass is 9.72. The molecule has 1 rings (SSSR count). The Morgan fingerprint density at radius 3 is 1.56 bits per heavy atom. The first-order chi connectivity index (χ1) is 7.12. The van der Waals surface area contributed by atoms with E-state index >= 15 is 0 Å². The van der Waals surface area contributed by atoms with Crippen molar-refractivity contribution >= 4 is 0 Å². The predicted molar refractivity (Wildman–Crippen MR) is 74.8 cm³/mol. The van der Waals surface area contributed by atoms with Crippen molar-refractivity contribution in [3.05, 3.63) is 0 Å². The van der Waals surface area contributed by atoms with Crippen LogP contribution >= 0.6 is 0 Å². The highest BCUT2D eigenvalue weighted by Gasteiger charge is 2.25. The van der Waals surface area contributed by atoms with Gasteiger partial charge in [0.2, 0.25) is 0 Å². The number of hydrogen-bond donors (Lipinski definition) is 1. The Morgan fingerprint density at radius 1 is 1.00 bits per heavy atom. The van der Waals surface area contributed by atoms with E-state index in [2.05, 4.69) is 53.8 Å². The SMILES string of the molecule is C1CNC1.CC(C)CC(C)(C)CC(C)(C)C. The summed E-state index contributed by atoms with van der Waals surface area (Å²) in [6.45, 7) is 18.9. The first-order valence-electron chi connectivity index (χ1n) is 6.83.